The predicted molar refractivity (Wildman–Crippen MR) is 74.9 cm³/mol. The molecular weight excluding hydrogens is 243 g/mol. The van der Waals surface area contributed by atoms with E-state index >= 15 is 0 Å². The molecule has 0 saturated heterocycles. The minimum Gasteiger partial charge on any atom is -0.337 e. The van der Waals surface area contributed by atoms with Gasteiger partial charge in [0, 0.05) is 18.8 Å². The summed E-state index contributed by atoms with van der Waals surface area (Å²) in [5.41, 5.74) is 1.80. The van der Waals surface area contributed by atoms with Gasteiger partial charge in [-0.2, -0.15) is 0 Å². The number of aryl methyl sites for hydroxylation is 1. The fourth-order valence-corrected chi connectivity index (χ4v) is 2.21. The highest BCUT2D eigenvalue weighted by Crippen LogP contribution is 2.27. The van der Waals surface area contributed by atoms with Crippen molar-refractivity contribution in [1.29, 1.82) is 0 Å². The number of benzene rings is 1. The lowest BCUT2D eigenvalue weighted by Gasteiger charge is -2.30. The van der Waals surface area contributed by atoms with E-state index in [1.54, 1.807) is 11.0 Å². The zero-order valence-corrected chi connectivity index (χ0v) is 11.8. The van der Waals surface area contributed by atoms with Crippen LogP contribution in [0.2, 0.25) is 0 Å². The van der Waals surface area contributed by atoms with Crippen LogP contribution < -0.4 is 10.2 Å². The number of carbonyl (C=O) groups excluding carboxylic acids is 1. The monoisotopic (exact) mass is 264 g/mol. The van der Waals surface area contributed by atoms with Crippen molar-refractivity contribution >= 4 is 11.7 Å². The van der Waals surface area contributed by atoms with Gasteiger partial charge in [-0.3, -0.25) is 4.90 Å². The zero-order chi connectivity index (χ0) is 14.0. The lowest BCUT2D eigenvalue weighted by molar-refractivity contribution is 0.240. The molecule has 1 aliphatic heterocycles. The smallest absolute Gasteiger partial charge is 0.321 e. The van der Waals surface area contributed by atoms with Crippen molar-refractivity contribution in [3.05, 3.63) is 29.6 Å². The molecule has 0 atom stereocenters. The summed E-state index contributed by atoms with van der Waals surface area (Å²) >= 11 is 0. The highest BCUT2D eigenvalue weighted by molar-refractivity contribution is 5.93. The fraction of sp³-hybridized carbons (Fsp3) is 0.533. The van der Waals surface area contributed by atoms with Crippen molar-refractivity contribution < 1.29 is 9.18 Å². The number of halogens is 1. The molecule has 0 spiro atoms. The number of urea groups is 1. The number of anilines is 1. The number of hydrogen-bond acceptors (Lipinski definition) is 1. The number of nitrogens with one attached hydrogen (secondary N) is 1. The van der Waals surface area contributed by atoms with Crippen LogP contribution in [0.5, 0.6) is 0 Å². The first-order chi connectivity index (χ1) is 8.87. The Kier molecular flexibility index (Phi) is 3.78. The van der Waals surface area contributed by atoms with E-state index in [1.165, 1.54) is 12.1 Å². The Morgan fingerprint density at radius 3 is 2.84 bits per heavy atom. The molecule has 0 fully saturated rings. The van der Waals surface area contributed by atoms with Crippen LogP contribution in [-0.4, -0.2) is 19.1 Å². The summed E-state index contributed by atoms with van der Waals surface area (Å²) in [5.74, 6) is -0.240. The summed E-state index contributed by atoms with van der Waals surface area (Å²) in [7, 11) is 0. The molecule has 0 unspecified atom stereocenters. The van der Waals surface area contributed by atoms with Crippen LogP contribution in [0.15, 0.2) is 18.2 Å². The van der Waals surface area contributed by atoms with Gasteiger partial charge in [0.15, 0.2) is 0 Å². The van der Waals surface area contributed by atoms with Crippen molar-refractivity contribution in [2.24, 2.45) is 5.41 Å². The third kappa shape index (κ3) is 3.46. The molecule has 0 saturated carbocycles. The van der Waals surface area contributed by atoms with E-state index in [1.807, 2.05) is 0 Å². The maximum absolute atomic E-state index is 13.2. The number of carbonyl (C=O) groups is 1. The maximum atomic E-state index is 13.2. The molecular formula is C15H21FN2O. The average molecular weight is 264 g/mol. The molecule has 2 rings (SSSR count). The lowest BCUT2D eigenvalue weighted by Crippen LogP contribution is -2.45. The molecule has 1 aliphatic rings. The van der Waals surface area contributed by atoms with Crippen LogP contribution in [0.4, 0.5) is 14.9 Å². The van der Waals surface area contributed by atoms with Crippen molar-refractivity contribution in [3.8, 4) is 0 Å². The molecule has 1 aromatic carbocycles. The second kappa shape index (κ2) is 5.19. The minimum atomic E-state index is -0.240. The largest absolute Gasteiger partial charge is 0.337 e. The van der Waals surface area contributed by atoms with Gasteiger partial charge < -0.3 is 5.32 Å². The number of amides is 2. The van der Waals surface area contributed by atoms with Crippen LogP contribution >= 0.6 is 0 Å². The standard InChI is InChI=1S/C15H21FN2O/c1-15(2,3)10-17-14(19)18-8-4-5-11-9-12(16)6-7-13(11)18/h6-7,9H,4-5,8,10H2,1-3H3,(H,17,19). The normalized spacial score (nSPS) is 15.1. The molecule has 1 aromatic rings. The van der Waals surface area contributed by atoms with Gasteiger partial charge in [0.25, 0.3) is 0 Å². The Morgan fingerprint density at radius 1 is 1.42 bits per heavy atom. The SMILES string of the molecule is CC(C)(C)CNC(=O)N1CCCc2cc(F)ccc21. The topological polar surface area (TPSA) is 32.3 Å². The molecule has 4 heteroatoms. The first-order valence-electron chi connectivity index (χ1n) is 6.71. The Balaban J connectivity index is 2.13. The minimum absolute atomic E-state index is 0.0527. The average Bonchev–Trinajstić information content (AvgIpc) is 2.34. The summed E-state index contributed by atoms with van der Waals surface area (Å²) in [5, 5.41) is 2.94. The molecule has 1 heterocycles. The molecule has 1 N–H and O–H groups in total. The number of rotatable bonds is 1. The summed E-state index contributed by atoms with van der Waals surface area (Å²) in [6, 6.07) is 4.54. The zero-order valence-electron chi connectivity index (χ0n) is 11.8. The van der Waals surface area contributed by atoms with Gasteiger partial charge in [0.05, 0.1) is 0 Å². The quantitative estimate of drug-likeness (QED) is 0.829. The molecule has 0 radical (unpaired) electrons. The lowest BCUT2D eigenvalue weighted by atomic mass is 9.97. The van der Waals surface area contributed by atoms with Gasteiger partial charge in [-0.25, -0.2) is 9.18 Å². The van der Waals surface area contributed by atoms with Crippen molar-refractivity contribution in [2.75, 3.05) is 18.0 Å². The van der Waals surface area contributed by atoms with Crippen LogP contribution in [0.1, 0.15) is 32.8 Å². The molecule has 3 nitrogen and oxygen atoms in total. The number of nitrogens with zero attached hydrogens (tertiary/aromatic N) is 1. The van der Waals surface area contributed by atoms with Crippen LogP contribution in [0, 0.1) is 11.2 Å². The summed E-state index contributed by atoms with van der Waals surface area (Å²) in [6.07, 6.45) is 1.70. The van der Waals surface area contributed by atoms with E-state index in [2.05, 4.69) is 26.1 Å². The molecule has 19 heavy (non-hydrogen) atoms. The number of fused-ring (bicyclic) bond motifs is 1. The van der Waals surface area contributed by atoms with Crippen LogP contribution in [-0.2, 0) is 6.42 Å². The highest BCUT2D eigenvalue weighted by atomic mass is 19.1. The summed E-state index contributed by atoms with van der Waals surface area (Å²) in [6.45, 7) is 7.54. The Labute approximate surface area is 113 Å². The molecule has 0 aliphatic carbocycles. The van der Waals surface area contributed by atoms with E-state index in [0.717, 1.165) is 24.1 Å². The third-order valence-electron chi connectivity index (χ3n) is 3.18. The third-order valence-corrected chi connectivity index (χ3v) is 3.18. The van der Waals surface area contributed by atoms with Crippen molar-refractivity contribution in [2.45, 2.75) is 33.6 Å². The van der Waals surface area contributed by atoms with Gasteiger partial charge in [-0.05, 0) is 42.0 Å². The first-order valence-corrected chi connectivity index (χ1v) is 6.71. The van der Waals surface area contributed by atoms with E-state index in [0.29, 0.717) is 13.1 Å². The van der Waals surface area contributed by atoms with Crippen molar-refractivity contribution in [3.63, 3.8) is 0 Å². The van der Waals surface area contributed by atoms with E-state index in [-0.39, 0.29) is 17.3 Å². The second-order valence-electron chi connectivity index (χ2n) is 6.25. The molecule has 2 amide bonds. The fourth-order valence-electron chi connectivity index (χ4n) is 2.21. The van der Waals surface area contributed by atoms with Crippen molar-refractivity contribution in [1.82, 2.24) is 5.32 Å². The van der Waals surface area contributed by atoms with Gasteiger partial charge in [-0.1, -0.05) is 20.8 Å². The van der Waals surface area contributed by atoms with Crippen LogP contribution in [0.25, 0.3) is 0 Å². The van der Waals surface area contributed by atoms with Gasteiger partial charge >= 0.3 is 6.03 Å². The highest BCUT2D eigenvalue weighted by Gasteiger charge is 2.23. The van der Waals surface area contributed by atoms with Gasteiger partial charge in [0.2, 0.25) is 0 Å². The van der Waals surface area contributed by atoms with E-state index in [9.17, 15) is 9.18 Å². The second-order valence-corrected chi connectivity index (χ2v) is 6.25. The Hall–Kier alpha value is -1.58. The molecule has 104 valence electrons. The number of hydrogen-bond donors (Lipinski definition) is 1. The van der Waals surface area contributed by atoms with E-state index in [4.69, 9.17) is 0 Å². The predicted octanol–water partition coefficient (Wildman–Crippen LogP) is 3.33. The molecule has 0 bridgehead atoms. The Bertz CT molecular complexity index is 480. The van der Waals surface area contributed by atoms with Gasteiger partial charge in [-0.15, -0.1) is 0 Å². The Morgan fingerprint density at radius 2 is 2.16 bits per heavy atom. The maximum Gasteiger partial charge on any atom is 0.321 e. The first kappa shape index (κ1) is 13.8. The van der Waals surface area contributed by atoms with Crippen LogP contribution in [0.3, 0.4) is 0 Å². The summed E-state index contributed by atoms with van der Waals surface area (Å²) in [4.78, 5) is 13.9. The van der Waals surface area contributed by atoms with E-state index < -0.39 is 0 Å². The molecule has 0 aromatic heterocycles. The summed E-state index contributed by atoms with van der Waals surface area (Å²) < 4.78 is 13.2. The van der Waals surface area contributed by atoms with Gasteiger partial charge in [0.1, 0.15) is 5.82 Å².